The average Bonchev–Trinajstić information content (AvgIpc) is 3.56. The number of nitrogens with zero attached hydrogens (tertiary/aromatic N) is 3. The minimum absolute atomic E-state index is 0.108. The fourth-order valence-electron chi connectivity index (χ4n) is 4.59. The number of carbonyl (C=O) groups is 1. The molecule has 0 aliphatic carbocycles. The van der Waals surface area contributed by atoms with Crippen LogP contribution in [-0.4, -0.2) is 39.6 Å². The number of benzene rings is 2. The monoisotopic (exact) mass is 596 g/mol. The summed E-state index contributed by atoms with van der Waals surface area (Å²) in [5.74, 6) is 0.907. The van der Waals surface area contributed by atoms with Gasteiger partial charge in [-0.15, -0.1) is 0 Å². The standard InChI is InChI=1S/C28H30BrFN6OS/c1-3-25(27(37)33-23-13-21(9-4-17(23)2)32-22-10-11-31-14-22)36-15-19(29)12-24-26(36)35-28(34-24)38-16-18-5-7-20(30)8-6-18/h4-9,12-13,15,22,25,31-32H,3,10-11,14,16H2,1-2H3,(H,33,37). The van der Waals surface area contributed by atoms with E-state index in [1.807, 2.05) is 42.8 Å². The van der Waals surface area contributed by atoms with Crippen molar-refractivity contribution in [3.05, 3.63) is 76.1 Å². The van der Waals surface area contributed by atoms with Gasteiger partial charge in [0.25, 0.3) is 0 Å². The molecular formula is C28H30BrFN6OS. The summed E-state index contributed by atoms with van der Waals surface area (Å²) in [6, 6.07) is 14.3. The van der Waals surface area contributed by atoms with Crippen LogP contribution >= 0.6 is 27.7 Å². The molecule has 2 atom stereocenters. The maximum absolute atomic E-state index is 13.6. The van der Waals surface area contributed by atoms with Crippen LogP contribution in [0.1, 0.15) is 36.9 Å². The van der Waals surface area contributed by atoms with Crippen LogP contribution in [0.4, 0.5) is 15.8 Å². The first-order chi connectivity index (χ1) is 18.4. The number of rotatable bonds is 9. The summed E-state index contributed by atoms with van der Waals surface area (Å²) in [6.07, 6.45) is 3.54. The van der Waals surface area contributed by atoms with Gasteiger partial charge < -0.3 is 20.5 Å². The molecule has 0 aromatic heterocycles. The molecule has 0 saturated carbocycles. The zero-order chi connectivity index (χ0) is 26.6. The highest BCUT2D eigenvalue weighted by Crippen LogP contribution is 2.32. The lowest BCUT2D eigenvalue weighted by molar-refractivity contribution is -0.119. The molecule has 3 aliphatic rings. The predicted octanol–water partition coefficient (Wildman–Crippen LogP) is 6.25. The largest absolute Gasteiger partial charge is 0.381 e. The Morgan fingerprint density at radius 1 is 1.24 bits per heavy atom. The Labute approximate surface area is 234 Å². The molecule has 10 heteroatoms. The summed E-state index contributed by atoms with van der Waals surface area (Å²) in [7, 11) is 0. The molecule has 3 aliphatic heterocycles. The van der Waals surface area contributed by atoms with Gasteiger partial charge in [-0.05, 0) is 83.7 Å². The van der Waals surface area contributed by atoms with E-state index >= 15 is 0 Å². The van der Waals surface area contributed by atoms with Crippen molar-refractivity contribution in [3.63, 3.8) is 0 Å². The number of hydrogen-bond donors (Lipinski definition) is 3. The summed E-state index contributed by atoms with van der Waals surface area (Å²) in [5.41, 5.74) is 4.48. The Balaban J connectivity index is 1.35. The van der Waals surface area contributed by atoms with Crippen LogP contribution in [0.15, 0.2) is 64.4 Å². The third-order valence-electron chi connectivity index (χ3n) is 6.66. The van der Waals surface area contributed by atoms with Crippen LogP contribution < -0.4 is 16.0 Å². The molecule has 198 valence electrons. The van der Waals surface area contributed by atoms with Gasteiger partial charge in [-0.25, -0.2) is 14.4 Å². The number of pyridine rings is 1. The Morgan fingerprint density at radius 2 is 2.05 bits per heavy atom. The number of carbonyl (C=O) groups excluding carboxylic acids is 1. The van der Waals surface area contributed by atoms with Crippen molar-refractivity contribution < 1.29 is 9.18 Å². The molecule has 38 heavy (non-hydrogen) atoms. The normalized spacial score (nSPS) is 16.1. The fraction of sp³-hybridized carbons (Fsp3) is 0.321. The number of halogens is 2. The zero-order valence-electron chi connectivity index (χ0n) is 21.3. The van der Waals surface area contributed by atoms with Crippen LogP contribution in [0.2, 0.25) is 0 Å². The summed E-state index contributed by atoms with van der Waals surface area (Å²) < 4.78 is 15.9. The lowest BCUT2D eigenvalue weighted by atomic mass is 10.1. The Hall–Kier alpha value is -2.95. The molecule has 0 bridgehead atoms. The maximum atomic E-state index is 13.6. The van der Waals surface area contributed by atoms with Crippen LogP contribution in [0.5, 0.6) is 0 Å². The third-order valence-corrected chi connectivity index (χ3v) is 8.01. The van der Waals surface area contributed by atoms with Crippen molar-refractivity contribution in [2.45, 2.75) is 49.7 Å². The number of fused-ring (bicyclic) bond motifs is 1. The van der Waals surface area contributed by atoms with E-state index in [9.17, 15) is 9.18 Å². The molecular weight excluding hydrogens is 567 g/mol. The highest BCUT2D eigenvalue weighted by atomic mass is 79.9. The molecule has 3 N–H and O–H groups in total. The maximum Gasteiger partial charge on any atom is 0.247 e. The number of nitrogens with one attached hydrogen (secondary N) is 3. The minimum atomic E-state index is -0.475. The van der Waals surface area contributed by atoms with E-state index in [0.717, 1.165) is 46.5 Å². The second kappa shape index (κ2) is 11.8. The lowest BCUT2D eigenvalue weighted by Gasteiger charge is -2.22. The Kier molecular flexibility index (Phi) is 8.30. The molecule has 0 radical (unpaired) electrons. The molecule has 7 nitrogen and oxygen atoms in total. The molecule has 2 unspecified atom stereocenters. The van der Waals surface area contributed by atoms with Crippen LogP contribution in [0, 0.1) is 12.7 Å². The van der Waals surface area contributed by atoms with Gasteiger partial charge in [0.1, 0.15) is 17.6 Å². The van der Waals surface area contributed by atoms with Crippen LogP contribution in [0.3, 0.4) is 0 Å². The number of amides is 1. The molecule has 2 aromatic rings. The fourth-order valence-corrected chi connectivity index (χ4v) is 5.83. The molecule has 1 fully saturated rings. The number of aromatic nitrogens is 3. The SMILES string of the molecule is CCC(C(=O)Nc1cc(NC2CCNC2)ccc1C)n1cc(Br)cc2nc(SCc3ccc(F)cc3)nc1-2. The quantitative estimate of drug-likeness (QED) is 0.198. The first kappa shape index (κ1) is 26.6. The highest BCUT2D eigenvalue weighted by Gasteiger charge is 2.26. The van der Waals surface area contributed by atoms with E-state index in [4.69, 9.17) is 4.98 Å². The molecule has 2 aromatic carbocycles. The molecule has 5 rings (SSSR count). The first-order valence-corrected chi connectivity index (χ1v) is 14.5. The third kappa shape index (κ3) is 6.19. The van der Waals surface area contributed by atoms with E-state index in [-0.39, 0.29) is 11.7 Å². The molecule has 1 amide bonds. The average molecular weight is 598 g/mol. The second-order valence-corrected chi connectivity index (χ2v) is 11.3. The van der Waals surface area contributed by atoms with Gasteiger partial charge >= 0.3 is 0 Å². The van der Waals surface area contributed by atoms with E-state index in [1.54, 1.807) is 12.1 Å². The zero-order valence-corrected chi connectivity index (χ0v) is 23.7. The Morgan fingerprint density at radius 3 is 2.79 bits per heavy atom. The van der Waals surface area contributed by atoms with Gasteiger partial charge in [0.15, 0.2) is 11.0 Å². The number of hydrogen-bond acceptors (Lipinski definition) is 6. The lowest BCUT2D eigenvalue weighted by Crippen LogP contribution is -2.27. The van der Waals surface area contributed by atoms with E-state index < -0.39 is 6.04 Å². The first-order valence-electron chi connectivity index (χ1n) is 12.7. The smallest absolute Gasteiger partial charge is 0.247 e. The van der Waals surface area contributed by atoms with Gasteiger partial charge in [0.05, 0.1) is 0 Å². The highest BCUT2D eigenvalue weighted by molar-refractivity contribution is 9.10. The predicted molar refractivity (Wildman–Crippen MR) is 154 cm³/mol. The van der Waals surface area contributed by atoms with Gasteiger partial charge in [0.2, 0.25) is 5.91 Å². The molecule has 1 saturated heterocycles. The van der Waals surface area contributed by atoms with Crippen molar-refractivity contribution in [2.24, 2.45) is 0 Å². The van der Waals surface area contributed by atoms with Crippen molar-refractivity contribution in [2.75, 3.05) is 23.7 Å². The Bertz CT molecular complexity index is 1390. The van der Waals surface area contributed by atoms with E-state index in [2.05, 4.69) is 42.9 Å². The number of imidazole rings is 1. The van der Waals surface area contributed by atoms with Crippen molar-refractivity contribution in [1.82, 2.24) is 19.9 Å². The van der Waals surface area contributed by atoms with Gasteiger partial charge in [-0.3, -0.25) is 4.79 Å². The summed E-state index contributed by atoms with van der Waals surface area (Å²) in [4.78, 5) is 23.0. The minimum Gasteiger partial charge on any atom is -0.381 e. The van der Waals surface area contributed by atoms with Crippen molar-refractivity contribution in [3.8, 4) is 11.5 Å². The number of aryl methyl sites for hydroxylation is 1. The number of anilines is 2. The van der Waals surface area contributed by atoms with Crippen LogP contribution in [0.25, 0.3) is 11.5 Å². The van der Waals surface area contributed by atoms with Gasteiger partial charge in [-0.1, -0.05) is 36.9 Å². The number of thioether (sulfide) groups is 1. The van der Waals surface area contributed by atoms with Gasteiger partial charge in [0, 0.05) is 40.4 Å². The molecule has 0 spiro atoms. The summed E-state index contributed by atoms with van der Waals surface area (Å²) in [6.45, 7) is 5.94. The summed E-state index contributed by atoms with van der Waals surface area (Å²) in [5, 5.41) is 10.7. The van der Waals surface area contributed by atoms with E-state index in [1.165, 1.54) is 23.9 Å². The molecule has 3 heterocycles. The summed E-state index contributed by atoms with van der Waals surface area (Å²) >= 11 is 5.06. The van der Waals surface area contributed by atoms with Crippen molar-refractivity contribution >= 4 is 45.0 Å². The van der Waals surface area contributed by atoms with Crippen molar-refractivity contribution in [1.29, 1.82) is 0 Å². The van der Waals surface area contributed by atoms with Crippen LogP contribution in [-0.2, 0) is 10.5 Å². The second-order valence-electron chi connectivity index (χ2n) is 9.47. The van der Waals surface area contributed by atoms with Gasteiger partial charge in [-0.2, -0.15) is 0 Å². The topological polar surface area (TPSA) is 83.9 Å². The van der Waals surface area contributed by atoms with E-state index in [0.29, 0.717) is 34.9 Å².